The van der Waals surface area contributed by atoms with E-state index in [1.165, 1.54) is 13.2 Å². The van der Waals surface area contributed by atoms with Gasteiger partial charge in [-0.2, -0.15) is 0 Å². The van der Waals surface area contributed by atoms with E-state index in [9.17, 15) is 4.39 Å². The van der Waals surface area contributed by atoms with Crippen molar-refractivity contribution in [3.05, 3.63) is 23.5 Å². The van der Waals surface area contributed by atoms with Gasteiger partial charge in [0.15, 0.2) is 11.6 Å². The summed E-state index contributed by atoms with van der Waals surface area (Å²) in [5, 5.41) is 0. The molecule has 0 aliphatic carbocycles. The van der Waals surface area contributed by atoms with E-state index in [1.54, 1.807) is 6.07 Å². The third-order valence-electron chi connectivity index (χ3n) is 2.36. The fraction of sp³-hybridized carbons (Fsp3) is 0.400. The average Bonchev–Trinajstić information content (AvgIpc) is 2.19. The van der Waals surface area contributed by atoms with Gasteiger partial charge in [0, 0.05) is 24.1 Å². The Morgan fingerprint density at radius 2 is 2.36 bits per heavy atom. The lowest BCUT2D eigenvalue weighted by Crippen LogP contribution is -2.21. The summed E-state index contributed by atoms with van der Waals surface area (Å²) in [5.41, 5.74) is 6.52. The molecule has 1 aromatic rings. The molecule has 1 aliphatic heterocycles. The summed E-state index contributed by atoms with van der Waals surface area (Å²) in [4.78, 5) is 0. The van der Waals surface area contributed by atoms with Crippen molar-refractivity contribution in [2.24, 2.45) is 5.73 Å². The van der Waals surface area contributed by atoms with Crippen LogP contribution in [0.4, 0.5) is 4.39 Å². The first-order valence-electron chi connectivity index (χ1n) is 4.48. The van der Waals surface area contributed by atoms with E-state index in [0.717, 1.165) is 0 Å². The summed E-state index contributed by atoms with van der Waals surface area (Å²) in [7, 11) is 1.50. The maximum absolute atomic E-state index is 13.4. The molecule has 1 atom stereocenters. The minimum Gasteiger partial charge on any atom is -0.497 e. The molecule has 14 heavy (non-hydrogen) atoms. The summed E-state index contributed by atoms with van der Waals surface area (Å²) >= 11 is 0. The number of benzene rings is 1. The number of nitrogens with two attached hydrogens (primary N) is 1. The Morgan fingerprint density at radius 1 is 1.57 bits per heavy atom. The van der Waals surface area contributed by atoms with Crippen LogP contribution in [0.5, 0.6) is 11.5 Å². The van der Waals surface area contributed by atoms with Crippen LogP contribution in [0.2, 0.25) is 0 Å². The van der Waals surface area contributed by atoms with E-state index >= 15 is 0 Å². The van der Waals surface area contributed by atoms with E-state index in [0.29, 0.717) is 24.3 Å². The van der Waals surface area contributed by atoms with Crippen molar-refractivity contribution in [3.8, 4) is 11.5 Å². The van der Waals surface area contributed by atoms with Crippen LogP contribution >= 0.6 is 0 Å². The van der Waals surface area contributed by atoms with E-state index < -0.39 is 5.82 Å². The van der Waals surface area contributed by atoms with Gasteiger partial charge in [-0.05, 0) is 6.07 Å². The summed E-state index contributed by atoms with van der Waals surface area (Å²) in [6.45, 7) is 0.470. The second kappa shape index (κ2) is 3.46. The van der Waals surface area contributed by atoms with Gasteiger partial charge in [-0.1, -0.05) is 0 Å². The maximum Gasteiger partial charge on any atom is 0.169 e. The van der Waals surface area contributed by atoms with Crippen LogP contribution in [-0.4, -0.2) is 13.7 Å². The largest absolute Gasteiger partial charge is 0.497 e. The molecule has 1 aromatic carbocycles. The van der Waals surface area contributed by atoms with Gasteiger partial charge in [0.2, 0.25) is 0 Å². The summed E-state index contributed by atoms with van der Waals surface area (Å²) in [5.74, 6) is 0.334. The monoisotopic (exact) mass is 197 g/mol. The molecule has 1 heterocycles. The maximum atomic E-state index is 13.4. The van der Waals surface area contributed by atoms with Crippen LogP contribution < -0.4 is 15.2 Å². The zero-order valence-electron chi connectivity index (χ0n) is 7.92. The fourth-order valence-corrected chi connectivity index (χ4v) is 1.58. The van der Waals surface area contributed by atoms with Crippen LogP contribution in [0.1, 0.15) is 18.0 Å². The number of methoxy groups -OCH3 is 1. The van der Waals surface area contributed by atoms with Crippen molar-refractivity contribution >= 4 is 0 Å². The summed E-state index contributed by atoms with van der Waals surface area (Å²) < 4.78 is 23.6. The topological polar surface area (TPSA) is 44.5 Å². The summed E-state index contributed by atoms with van der Waals surface area (Å²) in [6, 6.07) is 2.86. The molecular formula is C10H12FNO2. The lowest BCUT2D eigenvalue weighted by Gasteiger charge is -2.23. The lowest BCUT2D eigenvalue weighted by molar-refractivity contribution is 0.254. The van der Waals surface area contributed by atoms with Crippen molar-refractivity contribution in [1.82, 2.24) is 0 Å². The lowest BCUT2D eigenvalue weighted by atomic mass is 10.0. The molecule has 2 rings (SSSR count). The Bertz CT molecular complexity index is 354. The minimum absolute atomic E-state index is 0.164. The van der Waals surface area contributed by atoms with Crippen LogP contribution in [0.25, 0.3) is 0 Å². The minimum atomic E-state index is -0.408. The third-order valence-corrected chi connectivity index (χ3v) is 2.36. The molecule has 3 nitrogen and oxygen atoms in total. The Kier molecular flexibility index (Phi) is 2.29. The third kappa shape index (κ3) is 1.42. The zero-order chi connectivity index (χ0) is 10.1. The van der Waals surface area contributed by atoms with Gasteiger partial charge >= 0.3 is 0 Å². The molecule has 0 bridgehead atoms. The van der Waals surface area contributed by atoms with Crippen molar-refractivity contribution in [2.45, 2.75) is 12.5 Å². The Hall–Kier alpha value is -1.29. The van der Waals surface area contributed by atoms with Gasteiger partial charge in [-0.25, -0.2) is 4.39 Å². The highest BCUT2D eigenvalue weighted by molar-refractivity contribution is 5.44. The van der Waals surface area contributed by atoms with E-state index in [-0.39, 0.29) is 11.8 Å². The number of fused-ring (bicyclic) bond motifs is 1. The molecule has 0 spiro atoms. The quantitative estimate of drug-likeness (QED) is 0.744. The molecule has 2 N–H and O–H groups in total. The van der Waals surface area contributed by atoms with Gasteiger partial charge in [-0.15, -0.1) is 0 Å². The summed E-state index contributed by atoms with van der Waals surface area (Å²) in [6.07, 6.45) is 0.708. The van der Waals surface area contributed by atoms with Gasteiger partial charge < -0.3 is 15.2 Å². The van der Waals surface area contributed by atoms with Gasteiger partial charge in [0.1, 0.15) is 5.75 Å². The molecular weight excluding hydrogens is 185 g/mol. The van der Waals surface area contributed by atoms with Gasteiger partial charge in [0.25, 0.3) is 0 Å². The second-order valence-electron chi connectivity index (χ2n) is 3.27. The molecule has 1 unspecified atom stereocenters. The van der Waals surface area contributed by atoms with Crippen LogP contribution in [0, 0.1) is 5.82 Å². The van der Waals surface area contributed by atoms with Crippen LogP contribution in [0.15, 0.2) is 12.1 Å². The standard InChI is InChI=1S/C10H12FNO2/c1-13-6-4-7-9(12)2-3-14-10(7)8(11)5-6/h4-5,9H,2-3,12H2,1H3. The van der Waals surface area contributed by atoms with Crippen molar-refractivity contribution in [1.29, 1.82) is 0 Å². The Morgan fingerprint density at radius 3 is 3.07 bits per heavy atom. The highest BCUT2D eigenvalue weighted by Gasteiger charge is 2.22. The zero-order valence-corrected chi connectivity index (χ0v) is 7.92. The molecule has 0 saturated carbocycles. The molecule has 1 aliphatic rings. The smallest absolute Gasteiger partial charge is 0.169 e. The Labute approximate surface area is 81.6 Å². The Balaban J connectivity index is 2.51. The molecule has 0 aromatic heterocycles. The average molecular weight is 197 g/mol. The molecule has 0 fully saturated rings. The molecule has 0 amide bonds. The molecule has 4 heteroatoms. The number of ether oxygens (including phenoxy) is 2. The number of rotatable bonds is 1. The van der Waals surface area contributed by atoms with Gasteiger partial charge in [0.05, 0.1) is 13.7 Å². The van der Waals surface area contributed by atoms with E-state index in [4.69, 9.17) is 15.2 Å². The van der Waals surface area contributed by atoms with Crippen molar-refractivity contribution < 1.29 is 13.9 Å². The highest BCUT2D eigenvalue weighted by atomic mass is 19.1. The van der Waals surface area contributed by atoms with Gasteiger partial charge in [-0.3, -0.25) is 0 Å². The van der Waals surface area contributed by atoms with E-state index in [2.05, 4.69) is 0 Å². The van der Waals surface area contributed by atoms with E-state index in [1.807, 2.05) is 0 Å². The first-order chi connectivity index (χ1) is 6.72. The predicted molar refractivity (Wildman–Crippen MR) is 50.0 cm³/mol. The predicted octanol–water partition coefficient (Wildman–Crippen LogP) is 1.62. The molecule has 0 saturated heterocycles. The first kappa shape index (κ1) is 9.27. The number of halogens is 1. The first-order valence-corrected chi connectivity index (χ1v) is 4.48. The highest BCUT2D eigenvalue weighted by Crippen LogP contribution is 2.35. The second-order valence-corrected chi connectivity index (χ2v) is 3.27. The van der Waals surface area contributed by atoms with Crippen LogP contribution in [-0.2, 0) is 0 Å². The van der Waals surface area contributed by atoms with Crippen molar-refractivity contribution in [2.75, 3.05) is 13.7 Å². The fourth-order valence-electron chi connectivity index (χ4n) is 1.58. The normalized spacial score (nSPS) is 19.8. The number of hydrogen-bond donors (Lipinski definition) is 1. The SMILES string of the molecule is COc1cc(F)c2c(c1)C(N)CCO2. The number of hydrogen-bond acceptors (Lipinski definition) is 3. The molecule has 0 radical (unpaired) electrons. The van der Waals surface area contributed by atoms with Crippen molar-refractivity contribution in [3.63, 3.8) is 0 Å². The van der Waals surface area contributed by atoms with Crippen LogP contribution in [0.3, 0.4) is 0 Å². The molecule has 76 valence electrons.